The fourth-order valence-electron chi connectivity index (χ4n) is 5.87. The van der Waals surface area contributed by atoms with Crippen molar-refractivity contribution in [2.45, 2.75) is 32.1 Å². The van der Waals surface area contributed by atoms with Gasteiger partial charge < -0.3 is 11.1 Å². The third kappa shape index (κ3) is 4.70. The van der Waals surface area contributed by atoms with Gasteiger partial charge in [0.25, 0.3) is 0 Å². The molecule has 4 heteroatoms. The summed E-state index contributed by atoms with van der Waals surface area (Å²) in [5.41, 5.74) is 13.1. The number of nitrogens with zero attached hydrogens (tertiary/aromatic N) is 1. The third-order valence-electron chi connectivity index (χ3n) is 7.83. The molecular formula is C35H31N3O. The maximum absolute atomic E-state index is 13.3. The Kier molecular flexibility index (Phi) is 6.68. The zero-order valence-corrected chi connectivity index (χ0v) is 22.0. The molecule has 0 saturated carbocycles. The molecule has 0 aromatic heterocycles. The standard InChI is InChI=1S/C26H23NO.C9H8N2/c1-16-10-12-22(26(28)23-8-4-5-9-24(23)27)21-15-14-19-18-7-3-2-6-17(18)11-13-20(19)25(16)21;1-2-4-9-8(3-1)7-10-5-6-11-9/h2-9,11,14-16H,10,12-13,27H2,1H3;1-7,11H. The summed E-state index contributed by atoms with van der Waals surface area (Å²) in [4.78, 5) is 17.4. The van der Waals surface area contributed by atoms with Gasteiger partial charge in [0.1, 0.15) is 0 Å². The Morgan fingerprint density at radius 3 is 2.56 bits per heavy atom. The second kappa shape index (κ2) is 10.6. The number of fused-ring (bicyclic) bond motifs is 5. The summed E-state index contributed by atoms with van der Waals surface area (Å²) in [7, 11) is 0. The van der Waals surface area contributed by atoms with Gasteiger partial charge in [0.2, 0.25) is 0 Å². The predicted octanol–water partition coefficient (Wildman–Crippen LogP) is 5.83. The molecule has 4 aromatic rings. The number of ketones is 1. The van der Waals surface area contributed by atoms with Crippen LogP contribution in [0.3, 0.4) is 0 Å². The molecule has 2 aliphatic carbocycles. The topological polar surface area (TPSA) is 67.5 Å². The molecule has 7 rings (SSSR count). The molecule has 0 amide bonds. The van der Waals surface area contributed by atoms with Gasteiger partial charge in [0, 0.05) is 46.7 Å². The summed E-state index contributed by atoms with van der Waals surface area (Å²) in [5.74, 6) is 0.527. The zero-order chi connectivity index (χ0) is 26.8. The Hall–Kier alpha value is -4.70. The number of nitrogens with two attached hydrogens (primary N) is 1. The summed E-state index contributed by atoms with van der Waals surface area (Å²) >= 11 is 0. The largest absolute Gasteiger partial charge is 0.398 e. The highest BCUT2D eigenvalue weighted by Crippen LogP contribution is 2.32. The number of carbonyl (C=O) groups is 1. The second-order valence-electron chi connectivity index (χ2n) is 10.2. The number of hydrogen-bond donors (Lipinski definition) is 2. The fourth-order valence-corrected chi connectivity index (χ4v) is 5.87. The number of anilines is 2. The number of para-hydroxylation sites is 2. The number of rotatable bonds is 2. The molecule has 0 radical (unpaired) electrons. The van der Waals surface area contributed by atoms with Crippen molar-refractivity contribution >= 4 is 35.0 Å². The van der Waals surface area contributed by atoms with E-state index < -0.39 is 0 Å². The molecule has 39 heavy (non-hydrogen) atoms. The molecule has 1 heterocycles. The number of nitrogen functional groups attached to an aromatic ring is 1. The number of aliphatic imine (C=N–C) groups is 1. The van der Waals surface area contributed by atoms with Crippen molar-refractivity contribution in [1.29, 1.82) is 0 Å². The molecule has 4 nitrogen and oxygen atoms in total. The average molecular weight is 510 g/mol. The lowest BCUT2D eigenvalue weighted by Gasteiger charge is -2.25. The van der Waals surface area contributed by atoms with Crippen LogP contribution < -0.4 is 21.5 Å². The lowest BCUT2D eigenvalue weighted by atomic mass is 9.78. The van der Waals surface area contributed by atoms with Crippen molar-refractivity contribution in [3.05, 3.63) is 140 Å². The van der Waals surface area contributed by atoms with Crippen molar-refractivity contribution in [2.75, 3.05) is 11.1 Å². The Morgan fingerprint density at radius 1 is 0.897 bits per heavy atom. The molecule has 1 unspecified atom stereocenters. The Balaban J connectivity index is 0.000000210. The van der Waals surface area contributed by atoms with Crippen LogP contribution in [-0.4, -0.2) is 12.0 Å². The molecule has 0 fully saturated rings. The van der Waals surface area contributed by atoms with Gasteiger partial charge in [0.05, 0.1) is 0 Å². The Bertz CT molecular complexity index is 1870. The minimum atomic E-state index is 0.0754. The van der Waals surface area contributed by atoms with Crippen LogP contribution in [0, 0.1) is 10.4 Å². The SMILES string of the molecule is C1=CNc2ccccc2C=N1.CC1CCC(C(=O)c2ccccc2N)=c2ccc3c(c21)CC=c1ccccc1=3. The molecule has 0 saturated heterocycles. The van der Waals surface area contributed by atoms with Crippen molar-refractivity contribution in [3.8, 4) is 0 Å². The summed E-state index contributed by atoms with van der Waals surface area (Å²) in [6, 6.07) is 28.4. The average Bonchev–Trinajstić information content (AvgIpc) is 3.23. The second-order valence-corrected chi connectivity index (χ2v) is 10.2. The first-order valence-electron chi connectivity index (χ1n) is 13.5. The normalized spacial score (nSPS) is 16.1. The minimum absolute atomic E-state index is 0.0754. The number of hydrogen-bond acceptors (Lipinski definition) is 4. The predicted molar refractivity (Wildman–Crippen MR) is 161 cm³/mol. The molecule has 3 N–H and O–H groups in total. The molecule has 1 atom stereocenters. The fraction of sp³-hybridized carbons (Fsp3) is 0.143. The zero-order valence-electron chi connectivity index (χ0n) is 22.0. The molecule has 1 aliphatic heterocycles. The van der Waals surface area contributed by atoms with Crippen LogP contribution in [0.5, 0.6) is 0 Å². The van der Waals surface area contributed by atoms with Crippen LogP contribution in [0.15, 0.2) is 102 Å². The van der Waals surface area contributed by atoms with Gasteiger partial charge in [-0.3, -0.25) is 9.79 Å². The van der Waals surface area contributed by atoms with Crippen LogP contribution >= 0.6 is 0 Å². The highest BCUT2D eigenvalue weighted by atomic mass is 16.1. The van der Waals surface area contributed by atoms with E-state index in [1.165, 1.54) is 26.8 Å². The summed E-state index contributed by atoms with van der Waals surface area (Å²) in [6.07, 6.45) is 10.4. The monoisotopic (exact) mass is 509 g/mol. The van der Waals surface area contributed by atoms with Crippen LogP contribution in [0.4, 0.5) is 11.4 Å². The smallest absolute Gasteiger partial charge is 0.191 e. The van der Waals surface area contributed by atoms with E-state index in [0.717, 1.165) is 41.3 Å². The highest BCUT2D eigenvalue weighted by molar-refractivity contribution is 6.26. The van der Waals surface area contributed by atoms with Gasteiger partial charge in [0.15, 0.2) is 5.78 Å². The van der Waals surface area contributed by atoms with Gasteiger partial charge in [-0.05, 0) is 75.4 Å². The number of Topliss-reactive ketones (excluding diaryl/α,β-unsaturated/α-hetero) is 1. The highest BCUT2D eigenvalue weighted by Gasteiger charge is 2.25. The maximum Gasteiger partial charge on any atom is 0.191 e. The van der Waals surface area contributed by atoms with Gasteiger partial charge in [-0.25, -0.2) is 0 Å². The van der Waals surface area contributed by atoms with E-state index in [9.17, 15) is 4.79 Å². The van der Waals surface area contributed by atoms with Gasteiger partial charge in [-0.1, -0.05) is 79.7 Å². The van der Waals surface area contributed by atoms with Crippen molar-refractivity contribution in [1.82, 2.24) is 0 Å². The van der Waals surface area contributed by atoms with E-state index in [-0.39, 0.29) is 5.78 Å². The summed E-state index contributed by atoms with van der Waals surface area (Å²) < 4.78 is 0. The third-order valence-corrected chi connectivity index (χ3v) is 7.83. The number of benzene rings is 4. The first-order chi connectivity index (χ1) is 19.1. The van der Waals surface area contributed by atoms with E-state index in [0.29, 0.717) is 17.2 Å². The summed E-state index contributed by atoms with van der Waals surface area (Å²) in [5, 5.41) is 8.16. The number of carbonyl (C=O) groups excluding carboxylic acids is 1. The molecule has 3 aliphatic rings. The number of nitrogens with one attached hydrogen (secondary N) is 1. The molecule has 0 spiro atoms. The van der Waals surface area contributed by atoms with Crippen LogP contribution in [0.25, 0.3) is 11.6 Å². The lowest BCUT2D eigenvalue weighted by Crippen LogP contribution is -2.27. The quantitative estimate of drug-likeness (QED) is 0.264. The summed E-state index contributed by atoms with van der Waals surface area (Å²) in [6.45, 7) is 2.29. The van der Waals surface area contributed by atoms with E-state index in [1.807, 2.05) is 54.9 Å². The van der Waals surface area contributed by atoms with Crippen LogP contribution in [0.1, 0.15) is 52.7 Å². The maximum atomic E-state index is 13.3. The first-order valence-corrected chi connectivity index (χ1v) is 13.5. The first kappa shape index (κ1) is 24.6. The van der Waals surface area contributed by atoms with Crippen molar-refractivity contribution in [3.63, 3.8) is 0 Å². The lowest BCUT2D eigenvalue weighted by molar-refractivity contribution is 0.105. The van der Waals surface area contributed by atoms with Crippen molar-refractivity contribution in [2.24, 2.45) is 4.99 Å². The Morgan fingerprint density at radius 2 is 1.67 bits per heavy atom. The molecule has 192 valence electrons. The molecule has 4 aromatic carbocycles. The van der Waals surface area contributed by atoms with E-state index in [1.54, 1.807) is 12.3 Å². The van der Waals surface area contributed by atoms with Gasteiger partial charge >= 0.3 is 0 Å². The molecular weight excluding hydrogens is 478 g/mol. The Labute approximate surface area is 228 Å². The minimum Gasteiger partial charge on any atom is -0.398 e. The van der Waals surface area contributed by atoms with Crippen molar-refractivity contribution < 1.29 is 4.79 Å². The molecule has 0 bridgehead atoms. The van der Waals surface area contributed by atoms with E-state index >= 15 is 0 Å². The van der Waals surface area contributed by atoms with Gasteiger partial charge in [-0.15, -0.1) is 0 Å². The van der Waals surface area contributed by atoms with E-state index in [4.69, 9.17) is 5.73 Å². The van der Waals surface area contributed by atoms with E-state index in [2.05, 4.69) is 59.7 Å². The van der Waals surface area contributed by atoms with Crippen LogP contribution in [0.2, 0.25) is 0 Å². The van der Waals surface area contributed by atoms with Gasteiger partial charge in [-0.2, -0.15) is 0 Å². The van der Waals surface area contributed by atoms with Crippen LogP contribution in [-0.2, 0) is 6.42 Å².